The van der Waals surface area contributed by atoms with Crippen molar-refractivity contribution >= 4 is 45.7 Å². The van der Waals surface area contributed by atoms with E-state index < -0.39 is 59.8 Å². The Morgan fingerprint density at radius 1 is 0.911 bits per heavy atom. The third-order valence-electron chi connectivity index (χ3n) is 6.87. The molecule has 0 aliphatic rings. The lowest BCUT2D eigenvalue weighted by molar-refractivity contribution is -0.143. The number of carboxylic acids is 1. The van der Waals surface area contributed by atoms with Crippen LogP contribution in [0.3, 0.4) is 0 Å². The maximum atomic E-state index is 14.7. The van der Waals surface area contributed by atoms with Crippen molar-refractivity contribution in [3.8, 4) is 5.69 Å². The van der Waals surface area contributed by atoms with Gasteiger partial charge in [0.15, 0.2) is 11.5 Å². The lowest BCUT2D eigenvalue weighted by Crippen LogP contribution is -2.36. The quantitative estimate of drug-likeness (QED) is 0.109. The number of anilines is 1. The molecule has 0 aliphatic heterocycles. The Morgan fingerprint density at radius 3 is 2.20 bits per heavy atom. The van der Waals surface area contributed by atoms with Gasteiger partial charge in [-0.25, -0.2) is 18.3 Å². The number of hydrogen-bond acceptors (Lipinski definition) is 5. The molecule has 0 aliphatic carbocycles. The van der Waals surface area contributed by atoms with Gasteiger partial charge in [-0.3, -0.25) is 9.59 Å². The SMILES string of the molecule is Nc1cccc(Cl)c1C(=O)CN(Cc1cc(F)cc(F)c1)C(=O)c1cnn(-c2ccc(C(=O)O)c3ccccc23)c1C(F)(F)F. The fourth-order valence-electron chi connectivity index (χ4n) is 4.99. The summed E-state index contributed by atoms with van der Waals surface area (Å²) in [5.41, 5.74) is 2.63. The molecule has 0 radical (unpaired) electrons. The van der Waals surface area contributed by atoms with Crippen molar-refractivity contribution in [2.24, 2.45) is 0 Å². The monoisotopic (exact) mass is 642 g/mol. The molecule has 14 heteroatoms. The van der Waals surface area contributed by atoms with Crippen molar-refractivity contribution in [1.29, 1.82) is 0 Å². The van der Waals surface area contributed by atoms with E-state index in [9.17, 15) is 41.4 Å². The summed E-state index contributed by atoms with van der Waals surface area (Å²) in [6.45, 7) is -1.55. The van der Waals surface area contributed by atoms with Crippen molar-refractivity contribution < 1.29 is 41.4 Å². The van der Waals surface area contributed by atoms with Crippen LogP contribution in [0.25, 0.3) is 16.5 Å². The molecule has 3 N–H and O–H groups in total. The number of ketones is 1. The molecule has 1 amide bonds. The number of nitrogens with two attached hydrogens (primary N) is 1. The van der Waals surface area contributed by atoms with E-state index in [2.05, 4.69) is 5.10 Å². The van der Waals surface area contributed by atoms with Crippen LogP contribution in [0, 0.1) is 11.6 Å². The zero-order valence-corrected chi connectivity index (χ0v) is 23.5. The lowest BCUT2D eigenvalue weighted by atomic mass is 10.0. The number of carbonyl (C=O) groups excluding carboxylic acids is 2. The fourth-order valence-corrected chi connectivity index (χ4v) is 5.28. The van der Waals surface area contributed by atoms with Gasteiger partial charge in [-0.15, -0.1) is 0 Å². The number of Topliss-reactive ketones (excluding diaryl/α,β-unsaturated/α-hetero) is 1. The normalized spacial score (nSPS) is 11.5. The van der Waals surface area contributed by atoms with Gasteiger partial charge in [0.05, 0.1) is 40.1 Å². The number of carboxylic acid groups (broad SMARTS) is 1. The van der Waals surface area contributed by atoms with Crippen molar-refractivity contribution in [1.82, 2.24) is 14.7 Å². The summed E-state index contributed by atoms with van der Waals surface area (Å²) in [5, 5.41) is 13.5. The molecule has 0 spiro atoms. The average molecular weight is 643 g/mol. The average Bonchev–Trinajstić information content (AvgIpc) is 3.41. The van der Waals surface area contributed by atoms with Gasteiger partial charge in [-0.2, -0.15) is 18.3 Å². The number of nitrogen functional groups attached to an aromatic ring is 1. The van der Waals surface area contributed by atoms with Crippen LogP contribution in [-0.2, 0) is 12.7 Å². The number of carbonyl (C=O) groups is 3. The molecule has 0 bridgehead atoms. The smallest absolute Gasteiger partial charge is 0.434 e. The summed E-state index contributed by atoms with van der Waals surface area (Å²) in [5.74, 6) is -5.53. The number of rotatable bonds is 8. The van der Waals surface area contributed by atoms with Gasteiger partial charge < -0.3 is 15.7 Å². The number of halogens is 6. The zero-order valence-electron chi connectivity index (χ0n) is 22.8. The van der Waals surface area contributed by atoms with Crippen LogP contribution in [0.5, 0.6) is 0 Å². The number of fused-ring (bicyclic) bond motifs is 1. The Bertz CT molecular complexity index is 1950. The summed E-state index contributed by atoms with van der Waals surface area (Å²) in [6, 6.07) is 14.5. The highest BCUT2D eigenvalue weighted by Crippen LogP contribution is 2.37. The third kappa shape index (κ3) is 6.20. The second-order valence-corrected chi connectivity index (χ2v) is 10.3. The topological polar surface area (TPSA) is 119 Å². The van der Waals surface area contributed by atoms with Crippen molar-refractivity contribution in [3.63, 3.8) is 0 Å². The summed E-state index contributed by atoms with van der Waals surface area (Å²) < 4.78 is 72.6. The molecule has 0 unspecified atom stereocenters. The van der Waals surface area contributed by atoms with E-state index in [1.54, 1.807) is 0 Å². The highest BCUT2D eigenvalue weighted by Gasteiger charge is 2.42. The number of nitrogens with zero attached hydrogens (tertiary/aromatic N) is 3. The van der Waals surface area contributed by atoms with Crippen LogP contribution < -0.4 is 5.73 Å². The van der Waals surface area contributed by atoms with Crippen molar-refractivity contribution in [3.05, 3.63) is 124 Å². The Labute approximate surface area is 256 Å². The van der Waals surface area contributed by atoms with Crippen LogP contribution in [0.15, 0.2) is 79.0 Å². The molecule has 4 aromatic carbocycles. The maximum Gasteiger partial charge on any atom is 0.434 e. The molecule has 0 saturated carbocycles. The molecule has 45 heavy (non-hydrogen) atoms. The van der Waals surface area contributed by atoms with E-state index in [1.165, 1.54) is 42.5 Å². The Balaban J connectivity index is 1.65. The van der Waals surface area contributed by atoms with Crippen LogP contribution >= 0.6 is 11.6 Å². The standard InChI is InChI=1S/C31H20ClF5N4O4/c32-23-6-3-7-24(38)27(23)26(42)15-40(14-16-10-17(33)12-18(34)11-16)29(43)22-13-39-41(28(22)31(35,36)37)25-9-8-21(30(44)45)19-4-1-2-5-20(19)25/h1-13H,14-15,38H2,(H,44,45). The number of aromatic carboxylic acids is 1. The van der Waals surface area contributed by atoms with Gasteiger partial charge in [0.25, 0.3) is 5.91 Å². The Hall–Kier alpha value is -5.30. The van der Waals surface area contributed by atoms with E-state index in [-0.39, 0.29) is 43.9 Å². The lowest BCUT2D eigenvalue weighted by Gasteiger charge is -2.23. The highest BCUT2D eigenvalue weighted by atomic mass is 35.5. The molecule has 5 rings (SSSR count). The first-order valence-electron chi connectivity index (χ1n) is 13.0. The first-order chi connectivity index (χ1) is 21.3. The van der Waals surface area contributed by atoms with E-state index in [4.69, 9.17) is 17.3 Å². The summed E-state index contributed by atoms with van der Waals surface area (Å²) >= 11 is 6.14. The number of hydrogen-bond donors (Lipinski definition) is 2. The molecule has 0 atom stereocenters. The zero-order chi connectivity index (χ0) is 32.6. The second-order valence-electron chi connectivity index (χ2n) is 9.87. The van der Waals surface area contributed by atoms with Crippen LogP contribution in [0.4, 0.5) is 27.6 Å². The van der Waals surface area contributed by atoms with E-state index in [1.807, 2.05) is 0 Å². The molecular formula is C31H20ClF5N4O4. The first-order valence-corrected chi connectivity index (χ1v) is 13.4. The number of amides is 1. The number of aromatic nitrogens is 2. The highest BCUT2D eigenvalue weighted by molar-refractivity contribution is 6.35. The van der Waals surface area contributed by atoms with E-state index >= 15 is 0 Å². The molecule has 5 aromatic rings. The van der Waals surface area contributed by atoms with Gasteiger partial charge in [-0.05, 0) is 47.3 Å². The van der Waals surface area contributed by atoms with Crippen LogP contribution in [-0.4, -0.2) is 44.0 Å². The van der Waals surface area contributed by atoms with Crippen LogP contribution in [0.1, 0.15) is 42.3 Å². The molecular weight excluding hydrogens is 623 g/mol. The molecule has 0 saturated heterocycles. The third-order valence-corrected chi connectivity index (χ3v) is 7.18. The fraction of sp³-hybridized carbons (Fsp3) is 0.0968. The maximum absolute atomic E-state index is 14.7. The van der Waals surface area contributed by atoms with Gasteiger partial charge in [0.1, 0.15) is 11.6 Å². The van der Waals surface area contributed by atoms with Crippen LogP contribution in [0.2, 0.25) is 5.02 Å². The van der Waals surface area contributed by atoms with Gasteiger partial charge in [0, 0.05) is 23.7 Å². The van der Waals surface area contributed by atoms with Crippen molar-refractivity contribution in [2.75, 3.05) is 12.3 Å². The first kappa shape index (κ1) is 31.1. The predicted molar refractivity (Wildman–Crippen MR) is 154 cm³/mol. The summed E-state index contributed by atoms with van der Waals surface area (Å²) in [4.78, 5) is 39.6. The summed E-state index contributed by atoms with van der Waals surface area (Å²) in [6.07, 6.45) is -4.54. The van der Waals surface area contributed by atoms with E-state index in [0.29, 0.717) is 21.8 Å². The van der Waals surface area contributed by atoms with Gasteiger partial charge >= 0.3 is 12.1 Å². The number of benzene rings is 4. The minimum absolute atomic E-state index is 0.0582. The van der Waals surface area contributed by atoms with Gasteiger partial charge in [0.2, 0.25) is 0 Å². The summed E-state index contributed by atoms with van der Waals surface area (Å²) in [7, 11) is 0. The Kier molecular flexibility index (Phi) is 8.30. The molecule has 0 fully saturated rings. The molecule has 1 heterocycles. The molecule has 230 valence electrons. The van der Waals surface area contributed by atoms with E-state index in [0.717, 1.165) is 24.3 Å². The largest absolute Gasteiger partial charge is 0.478 e. The minimum atomic E-state index is -5.19. The Morgan fingerprint density at radius 2 is 1.58 bits per heavy atom. The molecule has 1 aromatic heterocycles. The van der Waals surface area contributed by atoms with Crippen molar-refractivity contribution in [2.45, 2.75) is 12.7 Å². The van der Waals surface area contributed by atoms with Gasteiger partial charge in [-0.1, -0.05) is 41.9 Å². The molecule has 8 nitrogen and oxygen atoms in total. The predicted octanol–water partition coefficient (Wildman–Crippen LogP) is 6.78. The minimum Gasteiger partial charge on any atom is -0.478 e. The number of alkyl halides is 3. The second kappa shape index (κ2) is 12.0.